The molecule has 0 heterocycles. The molecule has 5 heteroatoms. The third-order valence-electron chi connectivity index (χ3n) is 3.25. The van der Waals surface area contributed by atoms with Gasteiger partial charge in [-0.1, -0.05) is 56.0 Å². The molecule has 0 aromatic heterocycles. The fourth-order valence-corrected chi connectivity index (χ4v) is 2.57. The number of rotatable bonds is 6. The summed E-state index contributed by atoms with van der Waals surface area (Å²) in [5.74, 6) is -0.178. The van der Waals surface area contributed by atoms with Crippen molar-refractivity contribution >= 4 is 29.1 Å². The van der Waals surface area contributed by atoms with Crippen LogP contribution in [0.4, 0.5) is 0 Å². The van der Waals surface area contributed by atoms with Crippen LogP contribution in [0.1, 0.15) is 37.0 Å². The summed E-state index contributed by atoms with van der Waals surface area (Å²) in [4.78, 5) is 12.0. The van der Waals surface area contributed by atoms with Gasteiger partial charge >= 0.3 is 0 Å². The maximum Gasteiger partial charge on any atom is 0.254 e. The van der Waals surface area contributed by atoms with Crippen LogP contribution in [0.15, 0.2) is 18.2 Å². The number of carbonyl (C=O) groups is 1. The van der Waals surface area contributed by atoms with Gasteiger partial charge in [0, 0.05) is 6.54 Å². The Morgan fingerprint density at radius 3 is 2.26 bits per heavy atom. The Kier molecular flexibility index (Phi) is 6.63. The first kappa shape index (κ1) is 16.3. The summed E-state index contributed by atoms with van der Waals surface area (Å²) in [7, 11) is 0. The van der Waals surface area contributed by atoms with Crippen LogP contribution in [0.5, 0.6) is 0 Å². The molecule has 1 aromatic rings. The Hall–Kier alpha value is -0.770. The number of nitrogens with one attached hydrogen (secondary N) is 1. The Balaban J connectivity index is 2.66. The summed E-state index contributed by atoms with van der Waals surface area (Å²) in [6.07, 6.45) is 1.20. The zero-order valence-corrected chi connectivity index (χ0v) is 12.6. The minimum atomic E-state index is -0.555. The van der Waals surface area contributed by atoms with Crippen LogP contribution in [0.3, 0.4) is 0 Å². The monoisotopic (exact) mass is 303 g/mol. The number of amides is 1. The van der Waals surface area contributed by atoms with Crippen molar-refractivity contribution in [2.75, 3.05) is 6.54 Å². The highest BCUT2D eigenvalue weighted by Crippen LogP contribution is 2.24. The van der Waals surface area contributed by atoms with Crippen LogP contribution in [0, 0.1) is 5.92 Å². The second kappa shape index (κ2) is 7.73. The van der Waals surface area contributed by atoms with E-state index in [9.17, 15) is 9.90 Å². The van der Waals surface area contributed by atoms with E-state index in [0.29, 0.717) is 10.0 Å². The van der Waals surface area contributed by atoms with Crippen LogP contribution in [0.2, 0.25) is 10.0 Å². The maximum atomic E-state index is 12.0. The molecule has 0 radical (unpaired) electrons. The van der Waals surface area contributed by atoms with Gasteiger partial charge in [0.05, 0.1) is 21.7 Å². The number of hydrogen-bond acceptors (Lipinski definition) is 2. The third kappa shape index (κ3) is 4.37. The Bertz CT molecular complexity index is 413. The zero-order valence-electron chi connectivity index (χ0n) is 11.1. The van der Waals surface area contributed by atoms with E-state index >= 15 is 0 Å². The maximum absolute atomic E-state index is 12.0. The summed E-state index contributed by atoms with van der Waals surface area (Å²) in [5.41, 5.74) is 0.252. The molecule has 1 rings (SSSR count). The van der Waals surface area contributed by atoms with Crippen molar-refractivity contribution in [3.05, 3.63) is 33.8 Å². The minimum absolute atomic E-state index is 0.182. The molecule has 1 amide bonds. The summed E-state index contributed by atoms with van der Waals surface area (Å²) in [6, 6.07) is 4.90. The molecule has 1 atom stereocenters. The number of aliphatic hydroxyl groups excluding tert-OH is 1. The Labute approximate surface area is 123 Å². The summed E-state index contributed by atoms with van der Waals surface area (Å²) in [6.45, 7) is 4.24. The van der Waals surface area contributed by atoms with Gasteiger partial charge in [-0.3, -0.25) is 4.79 Å². The molecule has 2 N–H and O–H groups in total. The Morgan fingerprint density at radius 2 is 1.79 bits per heavy atom. The summed E-state index contributed by atoms with van der Waals surface area (Å²) in [5, 5.41) is 13.2. The number of aliphatic hydroxyl groups is 1. The van der Waals surface area contributed by atoms with Crippen LogP contribution in [-0.4, -0.2) is 23.7 Å². The van der Waals surface area contributed by atoms with Gasteiger partial charge < -0.3 is 10.4 Å². The molecule has 0 fully saturated rings. The van der Waals surface area contributed by atoms with Gasteiger partial charge in [0.25, 0.3) is 5.91 Å². The average Bonchev–Trinajstić information content (AvgIpc) is 2.37. The number of hydrogen-bond donors (Lipinski definition) is 2. The van der Waals surface area contributed by atoms with Crippen molar-refractivity contribution in [1.29, 1.82) is 0 Å². The quantitative estimate of drug-likeness (QED) is 0.845. The Morgan fingerprint density at radius 1 is 1.26 bits per heavy atom. The van der Waals surface area contributed by atoms with Gasteiger partial charge in [-0.25, -0.2) is 0 Å². The first-order chi connectivity index (χ1) is 9.01. The van der Waals surface area contributed by atoms with Crippen LogP contribution >= 0.6 is 23.2 Å². The summed E-state index contributed by atoms with van der Waals surface area (Å²) >= 11 is 11.9. The van der Waals surface area contributed by atoms with Gasteiger partial charge in [-0.05, 0) is 18.1 Å². The average molecular weight is 304 g/mol. The van der Waals surface area contributed by atoms with E-state index in [2.05, 4.69) is 5.32 Å². The number of carbonyl (C=O) groups excluding carboxylic acids is 1. The molecule has 0 bridgehead atoms. The fourth-order valence-electron chi connectivity index (χ4n) is 2.00. The van der Waals surface area contributed by atoms with E-state index in [1.807, 2.05) is 13.8 Å². The lowest BCUT2D eigenvalue weighted by Gasteiger charge is -2.20. The lowest BCUT2D eigenvalue weighted by atomic mass is 9.96. The molecule has 106 valence electrons. The zero-order chi connectivity index (χ0) is 14.4. The van der Waals surface area contributed by atoms with Crippen molar-refractivity contribution in [3.63, 3.8) is 0 Å². The molecule has 1 unspecified atom stereocenters. The van der Waals surface area contributed by atoms with Gasteiger partial charge in [0.2, 0.25) is 0 Å². The van der Waals surface area contributed by atoms with Gasteiger partial charge in [-0.15, -0.1) is 0 Å². The highest BCUT2D eigenvalue weighted by atomic mass is 35.5. The van der Waals surface area contributed by atoms with Crippen LogP contribution < -0.4 is 5.32 Å². The smallest absolute Gasteiger partial charge is 0.254 e. The van der Waals surface area contributed by atoms with Gasteiger partial charge in [-0.2, -0.15) is 0 Å². The molecule has 19 heavy (non-hydrogen) atoms. The molecular weight excluding hydrogens is 285 g/mol. The molecule has 0 spiro atoms. The van der Waals surface area contributed by atoms with Crippen molar-refractivity contribution in [2.24, 2.45) is 5.92 Å². The molecule has 0 saturated carbocycles. The first-order valence-electron chi connectivity index (χ1n) is 6.41. The molecule has 0 aliphatic rings. The highest BCUT2D eigenvalue weighted by molar-refractivity contribution is 6.39. The molecular formula is C14H19Cl2NO2. The van der Waals surface area contributed by atoms with E-state index in [4.69, 9.17) is 23.2 Å². The second-order valence-electron chi connectivity index (χ2n) is 4.45. The highest BCUT2D eigenvalue weighted by Gasteiger charge is 2.19. The second-order valence-corrected chi connectivity index (χ2v) is 5.27. The molecule has 3 nitrogen and oxygen atoms in total. The largest absolute Gasteiger partial charge is 0.391 e. The third-order valence-corrected chi connectivity index (χ3v) is 3.88. The molecule has 0 aliphatic heterocycles. The number of benzene rings is 1. The lowest BCUT2D eigenvalue weighted by molar-refractivity contribution is 0.0817. The van der Waals surface area contributed by atoms with E-state index < -0.39 is 6.10 Å². The fraction of sp³-hybridized carbons (Fsp3) is 0.500. The van der Waals surface area contributed by atoms with Crippen molar-refractivity contribution < 1.29 is 9.90 Å². The van der Waals surface area contributed by atoms with Crippen molar-refractivity contribution in [2.45, 2.75) is 32.8 Å². The molecule has 0 saturated heterocycles. The van der Waals surface area contributed by atoms with Gasteiger partial charge in [0.1, 0.15) is 0 Å². The first-order valence-corrected chi connectivity index (χ1v) is 7.17. The van der Waals surface area contributed by atoms with E-state index in [0.717, 1.165) is 12.8 Å². The molecule has 1 aromatic carbocycles. The van der Waals surface area contributed by atoms with Crippen LogP contribution in [-0.2, 0) is 0 Å². The van der Waals surface area contributed by atoms with E-state index in [1.165, 1.54) is 0 Å². The minimum Gasteiger partial charge on any atom is -0.391 e. The van der Waals surface area contributed by atoms with E-state index in [1.54, 1.807) is 18.2 Å². The lowest BCUT2D eigenvalue weighted by Crippen LogP contribution is -2.36. The van der Waals surface area contributed by atoms with Crippen LogP contribution in [0.25, 0.3) is 0 Å². The normalized spacial score (nSPS) is 12.5. The number of halogens is 2. The predicted octanol–water partition coefficient (Wildman–Crippen LogP) is 3.52. The molecule has 0 aliphatic carbocycles. The SMILES string of the molecule is CCC(CC)C(O)CNC(=O)c1c(Cl)cccc1Cl. The summed E-state index contributed by atoms with van der Waals surface area (Å²) < 4.78 is 0. The van der Waals surface area contributed by atoms with Crippen molar-refractivity contribution in [1.82, 2.24) is 5.32 Å². The standard InChI is InChI=1S/C14H19Cl2NO2/c1-3-9(4-2)12(18)8-17-14(19)13-10(15)6-5-7-11(13)16/h5-7,9,12,18H,3-4,8H2,1-2H3,(H,17,19). The van der Waals surface area contributed by atoms with Crippen molar-refractivity contribution in [3.8, 4) is 0 Å². The topological polar surface area (TPSA) is 49.3 Å². The van der Waals surface area contributed by atoms with E-state index in [-0.39, 0.29) is 23.9 Å². The predicted molar refractivity (Wildman–Crippen MR) is 78.9 cm³/mol. The van der Waals surface area contributed by atoms with Gasteiger partial charge in [0.15, 0.2) is 0 Å².